The van der Waals surface area contributed by atoms with Crippen LogP contribution >= 0.6 is 15.9 Å². The summed E-state index contributed by atoms with van der Waals surface area (Å²) in [5.41, 5.74) is 7.32. The van der Waals surface area contributed by atoms with E-state index in [0.29, 0.717) is 13.0 Å². The Morgan fingerprint density at radius 1 is 1.62 bits per heavy atom. The van der Waals surface area contributed by atoms with Gasteiger partial charge in [-0.1, -0.05) is 0 Å². The van der Waals surface area contributed by atoms with Crippen LogP contribution in [0, 0.1) is 19.3 Å². The molecule has 0 radical (unpaired) electrons. The van der Waals surface area contributed by atoms with Gasteiger partial charge < -0.3 is 5.73 Å². The summed E-state index contributed by atoms with van der Waals surface area (Å²) >= 11 is 3.44. The van der Waals surface area contributed by atoms with Crippen molar-refractivity contribution in [2.45, 2.75) is 26.8 Å². The van der Waals surface area contributed by atoms with Gasteiger partial charge in [-0.3, -0.25) is 10.1 Å². The fourth-order valence-electron chi connectivity index (χ4n) is 1.12. The van der Waals surface area contributed by atoms with Crippen molar-refractivity contribution in [2.75, 3.05) is 0 Å². The second-order valence-corrected chi connectivity index (χ2v) is 3.78. The van der Waals surface area contributed by atoms with E-state index in [9.17, 15) is 0 Å². The molecule has 4 nitrogen and oxygen atoms in total. The fraction of sp³-hybridized carbons (Fsp3) is 0.500. The van der Waals surface area contributed by atoms with Crippen molar-refractivity contribution in [2.24, 2.45) is 5.73 Å². The molecule has 0 aromatic carbocycles. The third kappa shape index (κ3) is 2.30. The van der Waals surface area contributed by atoms with Gasteiger partial charge in [0.25, 0.3) is 0 Å². The molecule has 0 saturated carbocycles. The van der Waals surface area contributed by atoms with E-state index < -0.39 is 0 Å². The van der Waals surface area contributed by atoms with E-state index in [2.05, 4.69) is 21.0 Å². The zero-order valence-electron chi connectivity index (χ0n) is 7.76. The van der Waals surface area contributed by atoms with Crippen LogP contribution in [0.15, 0.2) is 4.47 Å². The summed E-state index contributed by atoms with van der Waals surface area (Å²) in [6, 6.07) is 0. The van der Waals surface area contributed by atoms with Crippen LogP contribution in [0.1, 0.15) is 17.8 Å². The van der Waals surface area contributed by atoms with Crippen molar-refractivity contribution in [1.29, 1.82) is 5.41 Å². The molecule has 0 spiro atoms. The van der Waals surface area contributed by atoms with Gasteiger partial charge in [-0.05, 0) is 29.8 Å². The summed E-state index contributed by atoms with van der Waals surface area (Å²) < 4.78 is 2.90. The summed E-state index contributed by atoms with van der Waals surface area (Å²) in [5, 5.41) is 11.4. The van der Waals surface area contributed by atoms with Crippen LogP contribution in [0.2, 0.25) is 0 Å². The van der Waals surface area contributed by atoms with E-state index >= 15 is 0 Å². The second kappa shape index (κ2) is 3.91. The highest BCUT2D eigenvalue weighted by Crippen LogP contribution is 2.19. The molecule has 13 heavy (non-hydrogen) atoms. The first kappa shape index (κ1) is 10.2. The molecule has 0 amide bonds. The molecule has 0 aliphatic rings. The molecule has 0 atom stereocenters. The van der Waals surface area contributed by atoms with Crippen LogP contribution in [-0.4, -0.2) is 15.6 Å². The molecule has 3 N–H and O–H groups in total. The summed E-state index contributed by atoms with van der Waals surface area (Å²) in [7, 11) is 0. The Hall–Kier alpha value is -0.840. The topological polar surface area (TPSA) is 67.7 Å². The number of hydrogen-bond acceptors (Lipinski definition) is 2. The first-order chi connectivity index (χ1) is 6.02. The van der Waals surface area contributed by atoms with Crippen LogP contribution in [0.25, 0.3) is 0 Å². The SMILES string of the molecule is Cc1nn(CCC(=N)N)c(C)c1Br. The molecule has 1 aromatic heterocycles. The molecule has 0 bridgehead atoms. The van der Waals surface area contributed by atoms with Gasteiger partial charge in [0.05, 0.1) is 16.0 Å². The van der Waals surface area contributed by atoms with Crippen LogP contribution < -0.4 is 5.73 Å². The van der Waals surface area contributed by atoms with Crippen molar-refractivity contribution in [1.82, 2.24) is 9.78 Å². The lowest BCUT2D eigenvalue weighted by molar-refractivity contribution is 0.609. The summed E-state index contributed by atoms with van der Waals surface area (Å²) in [6.07, 6.45) is 0.550. The largest absolute Gasteiger partial charge is 0.388 e. The molecule has 1 heterocycles. The number of nitrogens with zero attached hydrogens (tertiary/aromatic N) is 2. The Balaban J connectivity index is 2.78. The lowest BCUT2D eigenvalue weighted by atomic mass is 10.4. The number of aromatic nitrogens is 2. The molecular weight excluding hydrogens is 232 g/mol. The predicted octanol–water partition coefficient (Wildman–Crippen LogP) is 1.59. The Bertz CT molecular complexity index is 329. The average molecular weight is 245 g/mol. The number of amidine groups is 1. The third-order valence-corrected chi connectivity index (χ3v) is 3.03. The van der Waals surface area contributed by atoms with Crippen LogP contribution in [0.5, 0.6) is 0 Å². The van der Waals surface area contributed by atoms with Crippen molar-refractivity contribution in [3.63, 3.8) is 0 Å². The smallest absolute Gasteiger partial charge is 0.0923 e. The lowest BCUT2D eigenvalue weighted by Crippen LogP contribution is -2.14. The van der Waals surface area contributed by atoms with Gasteiger partial charge in [0.1, 0.15) is 0 Å². The van der Waals surface area contributed by atoms with E-state index in [1.807, 2.05) is 18.5 Å². The summed E-state index contributed by atoms with van der Waals surface area (Å²) in [4.78, 5) is 0. The van der Waals surface area contributed by atoms with E-state index in [4.69, 9.17) is 11.1 Å². The number of rotatable bonds is 3. The second-order valence-electron chi connectivity index (χ2n) is 2.98. The molecule has 0 saturated heterocycles. The number of halogens is 1. The molecular formula is C8H13BrN4. The number of nitrogens with two attached hydrogens (primary N) is 1. The monoisotopic (exact) mass is 244 g/mol. The van der Waals surface area contributed by atoms with Crippen molar-refractivity contribution < 1.29 is 0 Å². The van der Waals surface area contributed by atoms with Gasteiger partial charge in [-0.15, -0.1) is 0 Å². The predicted molar refractivity (Wildman–Crippen MR) is 55.9 cm³/mol. The Kier molecular flexibility index (Phi) is 3.08. The highest BCUT2D eigenvalue weighted by atomic mass is 79.9. The first-order valence-electron chi connectivity index (χ1n) is 4.04. The van der Waals surface area contributed by atoms with Crippen molar-refractivity contribution in [3.8, 4) is 0 Å². The van der Waals surface area contributed by atoms with Crippen molar-refractivity contribution in [3.05, 3.63) is 15.9 Å². The zero-order valence-corrected chi connectivity index (χ0v) is 9.35. The highest BCUT2D eigenvalue weighted by molar-refractivity contribution is 9.10. The molecule has 72 valence electrons. The minimum atomic E-state index is 0.198. The quantitative estimate of drug-likeness (QED) is 0.627. The number of aryl methyl sites for hydroxylation is 2. The zero-order chi connectivity index (χ0) is 10.0. The van der Waals surface area contributed by atoms with Gasteiger partial charge in [0.15, 0.2) is 0 Å². The Morgan fingerprint density at radius 3 is 2.62 bits per heavy atom. The first-order valence-corrected chi connectivity index (χ1v) is 4.84. The molecule has 0 aliphatic heterocycles. The number of nitrogens with one attached hydrogen (secondary N) is 1. The van der Waals surface area contributed by atoms with E-state index in [-0.39, 0.29) is 5.84 Å². The average Bonchev–Trinajstić information content (AvgIpc) is 2.29. The van der Waals surface area contributed by atoms with E-state index in [1.54, 1.807) is 0 Å². The Morgan fingerprint density at radius 2 is 2.23 bits per heavy atom. The fourth-order valence-corrected chi connectivity index (χ4v) is 1.40. The molecule has 0 fully saturated rings. The maximum Gasteiger partial charge on any atom is 0.0923 e. The number of hydrogen-bond donors (Lipinski definition) is 2. The molecule has 1 aromatic rings. The summed E-state index contributed by atoms with van der Waals surface area (Å²) in [6.45, 7) is 4.61. The van der Waals surface area contributed by atoms with Gasteiger partial charge >= 0.3 is 0 Å². The van der Waals surface area contributed by atoms with Gasteiger partial charge in [0.2, 0.25) is 0 Å². The molecule has 0 aliphatic carbocycles. The van der Waals surface area contributed by atoms with Crippen molar-refractivity contribution >= 4 is 21.8 Å². The Labute approximate surface area is 85.8 Å². The molecule has 0 unspecified atom stereocenters. The van der Waals surface area contributed by atoms with Gasteiger partial charge in [-0.2, -0.15) is 5.10 Å². The standard InChI is InChI=1S/C8H13BrN4/c1-5-8(9)6(2)13(12-5)4-3-7(10)11/h3-4H2,1-2H3,(H3,10,11). The normalized spacial score (nSPS) is 10.4. The van der Waals surface area contributed by atoms with Crippen LogP contribution in [-0.2, 0) is 6.54 Å². The van der Waals surface area contributed by atoms with E-state index in [1.165, 1.54) is 0 Å². The van der Waals surface area contributed by atoms with Gasteiger partial charge in [0, 0.05) is 18.7 Å². The molecule has 1 rings (SSSR count). The van der Waals surface area contributed by atoms with Crippen LogP contribution in [0.4, 0.5) is 0 Å². The summed E-state index contributed by atoms with van der Waals surface area (Å²) in [5.74, 6) is 0.198. The van der Waals surface area contributed by atoms with E-state index in [0.717, 1.165) is 15.9 Å². The minimum absolute atomic E-state index is 0.198. The molecule has 5 heteroatoms. The highest BCUT2D eigenvalue weighted by Gasteiger charge is 2.07. The van der Waals surface area contributed by atoms with Crippen LogP contribution in [0.3, 0.4) is 0 Å². The van der Waals surface area contributed by atoms with Gasteiger partial charge in [-0.25, -0.2) is 0 Å². The lowest BCUT2D eigenvalue weighted by Gasteiger charge is -2.02. The third-order valence-electron chi connectivity index (χ3n) is 1.89. The maximum atomic E-state index is 7.10. The maximum absolute atomic E-state index is 7.10. The minimum Gasteiger partial charge on any atom is -0.388 e.